The van der Waals surface area contributed by atoms with Crippen molar-refractivity contribution in [2.24, 2.45) is 0 Å². The Morgan fingerprint density at radius 1 is 0.857 bits per heavy atom. The molecule has 2 aliphatic heterocycles. The molecular weight excluding hydrogens is 858 g/mol. The minimum absolute atomic E-state index is 0.0171. The van der Waals surface area contributed by atoms with E-state index in [2.05, 4.69) is 68.0 Å². The maximum absolute atomic E-state index is 17.9. The number of alkyl halides is 4. The first kappa shape index (κ1) is 48.5. The summed E-state index contributed by atoms with van der Waals surface area (Å²) < 4.78 is 125. The van der Waals surface area contributed by atoms with Crippen LogP contribution in [-0.2, 0) is 0 Å². The third kappa shape index (κ3) is 8.91. The van der Waals surface area contributed by atoms with Crippen LogP contribution in [-0.4, -0.2) is 80.4 Å². The van der Waals surface area contributed by atoms with Crippen LogP contribution in [0.25, 0.3) is 32.9 Å². The van der Waals surface area contributed by atoms with E-state index in [1.165, 1.54) is 18.2 Å². The summed E-state index contributed by atoms with van der Waals surface area (Å²) >= 11 is 0. The molecule has 0 unspecified atom stereocenters. The number of benzene rings is 2. The lowest BCUT2D eigenvalue weighted by atomic mass is 9.95. The fourth-order valence-electron chi connectivity index (χ4n) is 11.1. The fourth-order valence-corrected chi connectivity index (χ4v) is 21.6. The fraction of sp³-hybridized carbons (Fsp3) is 0.596. The van der Waals surface area contributed by atoms with Crippen LogP contribution in [0.5, 0.6) is 17.6 Å². The van der Waals surface area contributed by atoms with Crippen molar-refractivity contribution in [2.75, 3.05) is 26.3 Å². The molecule has 2 aromatic heterocycles. The quantitative estimate of drug-likeness (QED) is 0.0709. The summed E-state index contributed by atoms with van der Waals surface area (Å²) in [6, 6.07) is 3.72. The maximum Gasteiger partial charge on any atom is 0.422 e. The highest BCUT2D eigenvalue weighted by Gasteiger charge is 2.50. The third-order valence-corrected chi connectivity index (χ3v) is 26.2. The molecule has 6 rings (SSSR count). The van der Waals surface area contributed by atoms with Gasteiger partial charge in [-0.3, -0.25) is 9.88 Å². The van der Waals surface area contributed by atoms with Crippen molar-refractivity contribution >= 4 is 38.1 Å². The number of hydrogen-bond acceptors (Lipinski definition) is 7. The van der Waals surface area contributed by atoms with Gasteiger partial charge in [-0.1, -0.05) is 95.1 Å². The van der Waals surface area contributed by atoms with Crippen molar-refractivity contribution in [3.63, 3.8) is 0 Å². The van der Waals surface area contributed by atoms with E-state index in [-0.39, 0.29) is 74.9 Å². The first-order valence-corrected chi connectivity index (χ1v) is 26.5. The lowest BCUT2D eigenvalue weighted by Gasteiger charge is -2.42. The molecular formula is C47H61F7N4O3Si2. The van der Waals surface area contributed by atoms with Gasteiger partial charge in [0.25, 0.3) is 8.32 Å². The van der Waals surface area contributed by atoms with Crippen LogP contribution >= 0.6 is 0 Å². The Labute approximate surface area is 369 Å². The number of aromatic nitrogens is 3. The SMILES string of the molecule is CC(C)[Si](C#Cc1c(F)ccc2cc(O[Si](C(C)C)(C(C)C)C(C)C)c(F)c(-c3ncc4c(OCC(F)(F)F)nc(OC[C@@]56CCCN5C[C@H](F)C6)nc4c3F)c12)(C(C)C)C(C)C. The zero-order valence-electron chi connectivity index (χ0n) is 38.5. The van der Waals surface area contributed by atoms with Crippen molar-refractivity contribution < 1.29 is 44.6 Å². The number of ether oxygens (including phenoxy) is 2. The van der Waals surface area contributed by atoms with Crippen molar-refractivity contribution in [1.82, 2.24) is 19.9 Å². The van der Waals surface area contributed by atoms with Gasteiger partial charge in [0.05, 0.1) is 22.1 Å². The van der Waals surface area contributed by atoms with E-state index in [0.717, 1.165) is 12.6 Å². The topological polar surface area (TPSA) is 69.6 Å². The molecule has 0 radical (unpaired) electrons. The Bertz CT molecular complexity index is 2360. The molecule has 16 heteroatoms. The second-order valence-electron chi connectivity index (χ2n) is 19.4. The van der Waals surface area contributed by atoms with Gasteiger partial charge in [-0.15, -0.1) is 5.54 Å². The van der Waals surface area contributed by atoms with E-state index in [0.29, 0.717) is 18.4 Å². The standard InChI is InChI=1S/C47H61F7N4O3Si2/c1-26(2)62(27(3)4,28(5)6)19-16-34-36(49)15-14-32-20-37(61-63(29(7)8,30(9)10)31(11)12)40(50)39(38(32)34)43-41(51)42-35(22-55-43)44(59-25-47(52,53)54)57-45(56-42)60-24-46-17-13-18-58(46)23-33(48)21-46/h14-15,20,22,26-31,33H,13,17-18,21,23-25H2,1-12H3/t33-,46+/m1/s1. The molecule has 2 aromatic carbocycles. The first-order chi connectivity index (χ1) is 29.4. The van der Waals surface area contributed by atoms with Crippen LogP contribution in [0.3, 0.4) is 0 Å². The Morgan fingerprint density at radius 2 is 1.49 bits per heavy atom. The molecule has 4 heterocycles. The van der Waals surface area contributed by atoms with Gasteiger partial charge in [-0.25, -0.2) is 17.6 Å². The average molecular weight is 919 g/mol. The van der Waals surface area contributed by atoms with Crippen LogP contribution in [0.4, 0.5) is 30.7 Å². The zero-order valence-corrected chi connectivity index (χ0v) is 40.5. The Morgan fingerprint density at radius 3 is 2.08 bits per heavy atom. The van der Waals surface area contributed by atoms with Crippen molar-refractivity contribution in [2.45, 2.75) is 153 Å². The number of hydrogen-bond donors (Lipinski definition) is 0. The third-order valence-electron chi connectivity index (χ3n) is 13.9. The predicted octanol–water partition coefficient (Wildman–Crippen LogP) is 13.3. The summed E-state index contributed by atoms with van der Waals surface area (Å²) in [5.74, 6) is -0.655. The molecule has 0 bridgehead atoms. The van der Waals surface area contributed by atoms with Gasteiger partial charge in [0, 0.05) is 24.5 Å². The lowest BCUT2D eigenvalue weighted by Crippen LogP contribution is -2.50. The number of halogens is 7. The van der Waals surface area contributed by atoms with Crippen molar-refractivity contribution in [3.8, 4) is 40.4 Å². The molecule has 0 saturated carbocycles. The summed E-state index contributed by atoms with van der Waals surface area (Å²) in [4.78, 5) is 14.7. The Hall–Kier alpha value is -3.95. The van der Waals surface area contributed by atoms with Gasteiger partial charge >= 0.3 is 12.2 Å². The van der Waals surface area contributed by atoms with Crippen molar-refractivity contribution in [3.05, 3.63) is 47.4 Å². The second-order valence-corrected chi connectivity index (χ2v) is 30.4. The van der Waals surface area contributed by atoms with E-state index >= 15 is 13.2 Å². The molecule has 7 nitrogen and oxygen atoms in total. The van der Waals surface area contributed by atoms with Gasteiger partial charge in [0.2, 0.25) is 5.88 Å². The van der Waals surface area contributed by atoms with Crippen LogP contribution < -0.4 is 13.9 Å². The lowest BCUT2D eigenvalue weighted by molar-refractivity contribution is -0.153. The highest BCUT2D eigenvalue weighted by atomic mass is 28.4. The maximum atomic E-state index is 17.9. The summed E-state index contributed by atoms with van der Waals surface area (Å²) in [7, 11) is -5.37. The summed E-state index contributed by atoms with van der Waals surface area (Å²) in [5, 5.41) is -0.0545. The highest BCUT2D eigenvalue weighted by Crippen LogP contribution is 2.48. The van der Waals surface area contributed by atoms with E-state index < -0.39 is 87.0 Å². The molecule has 0 N–H and O–H groups in total. The molecule has 2 atom stereocenters. The average Bonchev–Trinajstić information content (AvgIpc) is 3.71. The summed E-state index contributed by atoms with van der Waals surface area (Å²) in [6.07, 6.45) is -3.30. The molecule has 2 fully saturated rings. The van der Waals surface area contributed by atoms with Crippen LogP contribution in [0.1, 0.15) is 108 Å². The van der Waals surface area contributed by atoms with Gasteiger partial charge in [0.1, 0.15) is 43.6 Å². The van der Waals surface area contributed by atoms with Gasteiger partial charge in [-0.05, 0) is 70.2 Å². The van der Waals surface area contributed by atoms with E-state index in [1.807, 2.05) is 46.4 Å². The normalized spacial score (nSPS) is 18.8. The minimum Gasteiger partial charge on any atom is -0.541 e. The Balaban J connectivity index is 1.66. The Kier molecular flexibility index (Phi) is 14.0. The number of rotatable bonds is 14. The molecule has 63 heavy (non-hydrogen) atoms. The highest BCUT2D eigenvalue weighted by molar-refractivity contribution is 6.90. The zero-order chi connectivity index (χ0) is 46.6. The smallest absolute Gasteiger partial charge is 0.422 e. The number of nitrogens with zero attached hydrogens (tertiary/aromatic N) is 4. The van der Waals surface area contributed by atoms with Crippen LogP contribution in [0, 0.1) is 28.9 Å². The number of pyridine rings is 1. The molecule has 0 amide bonds. The molecule has 4 aromatic rings. The molecule has 0 spiro atoms. The second kappa shape index (κ2) is 18.1. The molecule has 344 valence electrons. The van der Waals surface area contributed by atoms with Gasteiger partial charge in [0.15, 0.2) is 18.2 Å². The van der Waals surface area contributed by atoms with E-state index in [4.69, 9.17) is 13.9 Å². The van der Waals surface area contributed by atoms with Crippen LogP contribution in [0.15, 0.2) is 24.4 Å². The van der Waals surface area contributed by atoms with E-state index in [9.17, 15) is 17.6 Å². The van der Waals surface area contributed by atoms with Crippen molar-refractivity contribution in [1.29, 1.82) is 0 Å². The largest absolute Gasteiger partial charge is 0.541 e. The summed E-state index contributed by atoms with van der Waals surface area (Å²) in [5.41, 5.74) is 1.67. The van der Waals surface area contributed by atoms with Gasteiger partial charge < -0.3 is 13.9 Å². The molecule has 2 aliphatic rings. The number of fused-ring (bicyclic) bond motifs is 3. The molecule has 0 aliphatic carbocycles. The monoisotopic (exact) mass is 918 g/mol. The minimum atomic E-state index is -4.79. The first-order valence-electron chi connectivity index (χ1n) is 22.1. The van der Waals surface area contributed by atoms with Gasteiger partial charge in [-0.2, -0.15) is 23.1 Å². The van der Waals surface area contributed by atoms with Crippen LogP contribution in [0.2, 0.25) is 33.2 Å². The van der Waals surface area contributed by atoms with E-state index in [1.54, 1.807) is 0 Å². The molecule has 2 saturated heterocycles. The predicted molar refractivity (Wildman–Crippen MR) is 240 cm³/mol. The summed E-state index contributed by atoms with van der Waals surface area (Å²) in [6.45, 7) is 23.9.